The number of aliphatic hydroxyl groups is 1. The Labute approximate surface area is 214 Å². The van der Waals surface area contributed by atoms with Crippen molar-refractivity contribution < 1.29 is 24.2 Å². The van der Waals surface area contributed by atoms with E-state index in [1.165, 1.54) is 4.90 Å². The summed E-state index contributed by atoms with van der Waals surface area (Å²) in [6, 6.07) is 18.2. The van der Waals surface area contributed by atoms with Gasteiger partial charge in [-0.3, -0.25) is 14.5 Å². The van der Waals surface area contributed by atoms with Crippen molar-refractivity contribution >= 4 is 40.4 Å². The summed E-state index contributed by atoms with van der Waals surface area (Å²) in [6.07, 6.45) is 0. The Morgan fingerprint density at radius 3 is 2.50 bits per heavy atom. The van der Waals surface area contributed by atoms with Crippen LogP contribution in [-0.2, 0) is 9.59 Å². The van der Waals surface area contributed by atoms with Crippen LogP contribution in [0.3, 0.4) is 0 Å². The third kappa shape index (κ3) is 4.16. The molecule has 36 heavy (non-hydrogen) atoms. The minimum Gasteiger partial charge on any atom is -0.507 e. The first-order valence-corrected chi connectivity index (χ1v) is 12.0. The molecule has 0 bridgehead atoms. The van der Waals surface area contributed by atoms with Gasteiger partial charge in [0.05, 0.1) is 30.5 Å². The van der Waals surface area contributed by atoms with E-state index in [9.17, 15) is 14.7 Å². The Hall–Kier alpha value is -3.97. The van der Waals surface area contributed by atoms with Crippen LogP contribution >= 0.6 is 11.6 Å². The number of halogens is 1. The van der Waals surface area contributed by atoms with E-state index in [0.29, 0.717) is 53.1 Å². The van der Waals surface area contributed by atoms with E-state index < -0.39 is 17.7 Å². The molecular formula is C28H25ClN2O5. The Kier molecular flexibility index (Phi) is 6.33. The number of carbonyl (C=O) groups is 2. The highest BCUT2D eigenvalue weighted by Crippen LogP contribution is 2.43. The highest BCUT2D eigenvalue weighted by atomic mass is 35.5. The number of amides is 1. The number of nitrogens with zero attached hydrogens (tertiary/aromatic N) is 2. The molecule has 2 heterocycles. The molecule has 8 heteroatoms. The van der Waals surface area contributed by atoms with Crippen molar-refractivity contribution in [2.45, 2.75) is 13.0 Å². The summed E-state index contributed by atoms with van der Waals surface area (Å²) in [5.41, 5.74) is 2.39. The Morgan fingerprint density at radius 1 is 1.08 bits per heavy atom. The molecule has 0 aromatic heterocycles. The first-order valence-electron chi connectivity index (χ1n) is 11.7. The van der Waals surface area contributed by atoms with Crippen molar-refractivity contribution in [1.29, 1.82) is 0 Å². The summed E-state index contributed by atoms with van der Waals surface area (Å²) in [5.74, 6) is -0.378. The van der Waals surface area contributed by atoms with E-state index in [2.05, 4.69) is 0 Å². The molecule has 1 N–H and O–H groups in total. The van der Waals surface area contributed by atoms with Crippen LogP contribution in [0.25, 0.3) is 5.76 Å². The third-order valence-corrected chi connectivity index (χ3v) is 6.64. The fraction of sp³-hybridized carbons (Fsp3) is 0.214. The van der Waals surface area contributed by atoms with Crippen molar-refractivity contribution in [1.82, 2.24) is 0 Å². The summed E-state index contributed by atoms with van der Waals surface area (Å²) < 4.78 is 11.2. The zero-order valence-corrected chi connectivity index (χ0v) is 20.7. The van der Waals surface area contributed by atoms with Gasteiger partial charge in [-0.15, -0.1) is 0 Å². The van der Waals surface area contributed by atoms with Gasteiger partial charge in [0, 0.05) is 23.3 Å². The first kappa shape index (κ1) is 23.8. The van der Waals surface area contributed by atoms with Crippen LogP contribution in [0.1, 0.15) is 24.1 Å². The predicted molar refractivity (Wildman–Crippen MR) is 139 cm³/mol. The van der Waals surface area contributed by atoms with Crippen molar-refractivity contribution in [2.24, 2.45) is 0 Å². The van der Waals surface area contributed by atoms with E-state index >= 15 is 0 Å². The fourth-order valence-corrected chi connectivity index (χ4v) is 4.71. The minimum atomic E-state index is -0.842. The van der Waals surface area contributed by atoms with Crippen molar-refractivity contribution in [2.75, 3.05) is 36.6 Å². The lowest BCUT2D eigenvalue weighted by molar-refractivity contribution is -0.132. The molecule has 2 aliphatic heterocycles. The molecule has 1 fully saturated rings. The molecule has 0 saturated carbocycles. The highest BCUT2D eigenvalue weighted by Gasteiger charge is 2.47. The number of benzene rings is 3. The predicted octanol–water partition coefficient (Wildman–Crippen LogP) is 5.19. The van der Waals surface area contributed by atoms with Crippen LogP contribution < -0.4 is 19.3 Å². The maximum absolute atomic E-state index is 13.4. The minimum absolute atomic E-state index is 0.00976. The average Bonchev–Trinajstić information content (AvgIpc) is 3.15. The lowest BCUT2D eigenvalue weighted by Crippen LogP contribution is -2.29. The molecule has 0 radical (unpaired) electrons. The third-order valence-electron chi connectivity index (χ3n) is 6.38. The summed E-state index contributed by atoms with van der Waals surface area (Å²) >= 11 is 6.11. The van der Waals surface area contributed by atoms with Gasteiger partial charge >= 0.3 is 0 Å². The summed E-state index contributed by atoms with van der Waals surface area (Å²) in [6.45, 7) is 3.66. The number of Topliss-reactive ketones (excluding diaryl/α,β-unsaturated/α-hetero) is 1. The number of ketones is 1. The monoisotopic (exact) mass is 504 g/mol. The maximum Gasteiger partial charge on any atom is 0.300 e. The van der Waals surface area contributed by atoms with Crippen LogP contribution in [0.2, 0.25) is 5.02 Å². The van der Waals surface area contributed by atoms with Crippen LogP contribution in [0, 0.1) is 0 Å². The van der Waals surface area contributed by atoms with E-state index in [0.717, 1.165) is 5.69 Å². The smallest absolute Gasteiger partial charge is 0.300 e. The number of ether oxygens (including phenoxy) is 2. The molecule has 5 rings (SSSR count). The van der Waals surface area contributed by atoms with Gasteiger partial charge in [-0.1, -0.05) is 23.7 Å². The van der Waals surface area contributed by atoms with Gasteiger partial charge in [-0.2, -0.15) is 0 Å². The van der Waals surface area contributed by atoms with Gasteiger partial charge in [0.2, 0.25) is 0 Å². The number of hydrogen-bond acceptors (Lipinski definition) is 6. The molecule has 1 unspecified atom stereocenters. The highest BCUT2D eigenvalue weighted by molar-refractivity contribution is 6.51. The topological polar surface area (TPSA) is 79.3 Å². The average molecular weight is 505 g/mol. The lowest BCUT2D eigenvalue weighted by Gasteiger charge is -2.28. The second kappa shape index (κ2) is 9.59. The molecule has 2 aliphatic rings. The standard InChI is InChI=1S/C28H25ClN2O5/c1-3-35-21-11-9-20(10-12-21)31-25(17-4-7-19(29)8-5-17)24(27(33)28(31)34)26(32)18-6-13-23-22(16-18)30(2)14-15-36-23/h4-13,16,25,32H,3,14-15H2,1-2H3/b26-24-. The van der Waals surface area contributed by atoms with Crippen LogP contribution in [0.5, 0.6) is 11.5 Å². The fourth-order valence-electron chi connectivity index (χ4n) is 4.58. The second-order valence-electron chi connectivity index (χ2n) is 8.60. The van der Waals surface area contributed by atoms with E-state index in [1.807, 2.05) is 18.9 Å². The largest absolute Gasteiger partial charge is 0.507 e. The van der Waals surface area contributed by atoms with Crippen LogP contribution in [0.15, 0.2) is 72.3 Å². The Bertz CT molecular complexity index is 1350. The molecule has 0 spiro atoms. The molecule has 0 aliphatic carbocycles. The normalized spacial score (nSPS) is 18.7. The number of aliphatic hydroxyl groups excluding tert-OH is 1. The van der Waals surface area contributed by atoms with Gasteiger partial charge in [0.25, 0.3) is 11.7 Å². The van der Waals surface area contributed by atoms with E-state index in [4.69, 9.17) is 21.1 Å². The number of hydrogen-bond donors (Lipinski definition) is 1. The molecule has 184 valence electrons. The zero-order valence-electron chi connectivity index (χ0n) is 19.9. The number of rotatable bonds is 5. The van der Waals surface area contributed by atoms with E-state index in [-0.39, 0.29) is 11.3 Å². The Morgan fingerprint density at radius 2 is 1.81 bits per heavy atom. The first-order chi connectivity index (χ1) is 17.4. The number of fused-ring (bicyclic) bond motifs is 1. The number of likely N-dealkylation sites (N-methyl/N-ethyl adjacent to an activating group) is 1. The SMILES string of the molecule is CCOc1ccc(N2C(=O)C(=O)/C(=C(\O)c3ccc4c(c3)N(C)CCO4)C2c2ccc(Cl)cc2)cc1. The van der Waals surface area contributed by atoms with Crippen molar-refractivity contribution in [3.8, 4) is 11.5 Å². The summed E-state index contributed by atoms with van der Waals surface area (Å²) in [7, 11) is 1.93. The molecule has 3 aromatic rings. The van der Waals surface area contributed by atoms with Crippen molar-refractivity contribution in [3.63, 3.8) is 0 Å². The van der Waals surface area contributed by atoms with Gasteiger partial charge < -0.3 is 19.5 Å². The van der Waals surface area contributed by atoms with Crippen LogP contribution in [-0.4, -0.2) is 43.6 Å². The Balaban J connectivity index is 1.65. The summed E-state index contributed by atoms with van der Waals surface area (Å²) in [4.78, 5) is 30.1. The molecular weight excluding hydrogens is 480 g/mol. The molecule has 1 amide bonds. The molecule has 7 nitrogen and oxygen atoms in total. The van der Waals surface area contributed by atoms with Gasteiger partial charge in [-0.25, -0.2) is 0 Å². The number of carbonyl (C=O) groups excluding carboxylic acids is 2. The van der Waals surface area contributed by atoms with Gasteiger partial charge in [0.1, 0.15) is 23.9 Å². The lowest BCUT2D eigenvalue weighted by atomic mass is 9.95. The molecule has 1 saturated heterocycles. The second-order valence-corrected chi connectivity index (χ2v) is 9.04. The summed E-state index contributed by atoms with van der Waals surface area (Å²) in [5, 5.41) is 12.0. The van der Waals surface area contributed by atoms with Gasteiger partial charge in [-0.05, 0) is 67.1 Å². The number of anilines is 2. The van der Waals surface area contributed by atoms with Gasteiger partial charge in [0.15, 0.2) is 0 Å². The quantitative estimate of drug-likeness (QED) is 0.292. The van der Waals surface area contributed by atoms with Crippen LogP contribution in [0.4, 0.5) is 11.4 Å². The van der Waals surface area contributed by atoms with Crippen molar-refractivity contribution in [3.05, 3.63) is 88.5 Å². The molecule has 3 aromatic carbocycles. The zero-order chi connectivity index (χ0) is 25.4. The molecule has 1 atom stereocenters. The van der Waals surface area contributed by atoms with E-state index in [1.54, 1.807) is 66.7 Å². The maximum atomic E-state index is 13.4.